The molecule has 0 saturated carbocycles. The first-order chi connectivity index (χ1) is 7.18. The van der Waals surface area contributed by atoms with Gasteiger partial charge in [0.05, 0.1) is 12.3 Å². The fourth-order valence-electron chi connectivity index (χ4n) is 1.52. The van der Waals surface area contributed by atoms with Gasteiger partial charge in [-0.25, -0.2) is 5.01 Å². The van der Waals surface area contributed by atoms with Crippen LogP contribution in [0.15, 0.2) is 29.4 Å². The fourth-order valence-corrected chi connectivity index (χ4v) is 1.76. The minimum atomic E-state index is -0.0305. The maximum Gasteiger partial charge on any atom is 0.209 e. The molecule has 78 valence electrons. The van der Waals surface area contributed by atoms with E-state index in [0.717, 1.165) is 17.7 Å². The first-order valence-corrected chi connectivity index (χ1v) is 5.00. The highest BCUT2D eigenvalue weighted by Gasteiger charge is 2.18. The lowest BCUT2D eigenvalue weighted by Gasteiger charge is -2.08. The van der Waals surface area contributed by atoms with Crippen molar-refractivity contribution in [2.75, 3.05) is 6.54 Å². The Labute approximate surface area is 92.8 Å². The fraction of sp³-hybridized carbons (Fsp3) is 0.200. The summed E-state index contributed by atoms with van der Waals surface area (Å²) in [6.45, 7) is 0.649. The molecule has 0 spiro atoms. The summed E-state index contributed by atoms with van der Waals surface area (Å²) in [5.74, 6) is -0.0305. The summed E-state index contributed by atoms with van der Waals surface area (Å²) in [5.41, 5.74) is 7.15. The lowest BCUT2D eigenvalue weighted by Crippen LogP contribution is -2.29. The van der Waals surface area contributed by atoms with E-state index in [1.165, 1.54) is 5.01 Å². The Bertz CT molecular complexity index is 427. The van der Waals surface area contributed by atoms with Crippen molar-refractivity contribution in [2.24, 2.45) is 10.8 Å². The lowest BCUT2D eigenvalue weighted by molar-refractivity contribution is 0.482. The zero-order valence-electron chi connectivity index (χ0n) is 8.07. The van der Waals surface area contributed by atoms with Crippen LogP contribution in [0.5, 0.6) is 0 Å². The van der Waals surface area contributed by atoms with Crippen molar-refractivity contribution >= 4 is 23.3 Å². The molecule has 4 nitrogen and oxygen atoms in total. The Hall–Kier alpha value is -1.55. The molecule has 1 heterocycles. The van der Waals surface area contributed by atoms with Crippen LogP contribution in [0.2, 0.25) is 5.02 Å². The smallest absolute Gasteiger partial charge is 0.209 e. The van der Waals surface area contributed by atoms with E-state index in [9.17, 15) is 0 Å². The zero-order chi connectivity index (χ0) is 10.8. The highest BCUT2D eigenvalue weighted by molar-refractivity contribution is 6.34. The van der Waals surface area contributed by atoms with Gasteiger partial charge in [-0.1, -0.05) is 29.8 Å². The summed E-state index contributed by atoms with van der Waals surface area (Å²) in [6.07, 6.45) is 0.767. The number of guanidine groups is 1. The molecule has 0 unspecified atom stereocenters. The number of nitrogens with zero attached hydrogens (tertiary/aromatic N) is 2. The Kier molecular flexibility index (Phi) is 2.60. The van der Waals surface area contributed by atoms with E-state index in [2.05, 4.69) is 5.10 Å². The van der Waals surface area contributed by atoms with Gasteiger partial charge in [0.15, 0.2) is 0 Å². The van der Waals surface area contributed by atoms with Crippen molar-refractivity contribution in [1.29, 1.82) is 5.41 Å². The molecule has 2 rings (SSSR count). The van der Waals surface area contributed by atoms with Crippen molar-refractivity contribution in [3.8, 4) is 0 Å². The number of nitrogens with two attached hydrogens (primary N) is 1. The van der Waals surface area contributed by atoms with Gasteiger partial charge in [0.2, 0.25) is 5.96 Å². The maximum atomic E-state index is 7.26. The second kappa shape index (κ2) is 3.90. The molecule has 0 saturated heterocycles. The van der Waals surface area contributed by atoms with Gasteiger partial charge in [0.1, 0.15) is 0 Å². The molecular weight excluding hydrogens is 212 g/mol. The van der Waals surface area contributed by atoms with Crippen LogP contribution in [-0.2, 0) is 0 Å². The Morgan fingerprint density at radius 3 is 2.80 bits per heavy atom. The Morgan fingerprint density at radius 2 is 2.20 bits per heavy atom. The molecule has 0 bridgehead atoms. The van der Waals surface area contributed by atoms with Crippen molar-refractivity contribution in [1.82, 2.24) is 5.01 Å². The van der Waals surface area contributed by atoms with E-state index < -0.39 is 0 Å². The summed E-state index contributed by atoms with van der Waals surface area (Å²) in [7, 11) is 0. The second-order valence-corrected chi connectivity index (χ2v) is 3.69. The van der Waals surface area contributed by atoms with Gasteiger partial charge >= 0.3 is 0 Å². The van der Waals surface area contributed by atoms with Crippen LogP contribution in [0, 0.1) is 5.41 Å². The first-order valence-electron chi connectivity index (χ1n) is 4.62. The average molecular weight is 223 g/mol. The summed E-state index contributed by atoms with van der Waals surface area (Å²) >= 11 is 6.05. The van der Waals surface area contributed by atoms with Gasteiger partial charge in [-0.3, -0.25) is 5.41 Å². The molecule has 3 N–H and O–H groups in total. The average Bonchev–Trinajstić information content (AvgIpc) is 2.67. The molecule has 0 aromatic heterocycles. The van der Waals surface area contributed by atoms with Crippen molar-refractivity contribution in [3.63, 3.8) is 0 Å². The van der Waals surface area contributed by atoms with Crippen molar-refractivity contribution in [3.05, 3.63) is 34.9 Å². The molecule has 1 aliphatic heterocycles. The van der Waals surface area contributed by atoms with Crippen LogP contribution in [0.3, 0.4) is 0 Å². The summed E-state index contributed by atoms with van der Waals surface area (Å²) in [4.78, 5) is 0. The largest absolute Gasteiger partial charge is 0.369 e. The number of benzene rings is 1. The molecule has 5 heteroatoms. The van der Waals surface area contributed by atoms with Crippen molar-refractivity contribution < 1.29 is 0 Å². The minimum Gasteiger partial charge on any atom is -0.369 e. The monoisotopic (exact) mass is 222 g/mol. The molecule has 0 aliphatic carbocycles. The van der Waals surface area contributed by atoms with Gasteiger partial charge in [0, 0.05) is 17.0 Å². The summed E-state index contributed by atoms with van der Waals surface area (Å²) < 4.78 is 0. The third-order valence-electron chi connectivity index (χ3n) is 2.26. The van der Waals surface area contributed by atoms with E-state index in [4.69, 9.17) is 22.7 Å². The molecule has 15 heavy (non-hydrogen) atoms. The van der Waals surface area contributed by atoms with Gasteiger partial charge in [0.25, 0.3) is 0 Å². The SMILES string of the molecule is N=C(N)N1CCC(c2ccccc2Cl)=N1. The second-order valence-electron chi connectivity index (χ2n) is 3.28. The molecule has 0 fully saturated rings. The number of hydrogen-bond donors (Lipinski definition) is 2. The molecule has 0 amide bonds. The van der Waals surface area contributed by atoms with E-state index in [1.54, 1.807) is 0 Å². The molecule has 1 aromatic carbocycles. The molecule has 1 aromatic rings. The van der Waals surface area contributed by atoms with Crippen LogP contribution in [-0.4, -0.2) is 23.2 Å². The van der Waals surface area contributed by atoms with Gasteiger partial charge in [-0.15, -0.1) is 0 Å². The van der Waals surface area contributed by atoms with Crippen molar-refractivity contribution in [2.45, 2.75) is 6.42 Å². The summed E-state index contributed by atoms with van der Waals surface area (Å²) in [6, 6.07) is 7.55. The van der Waals surface area contributed by atoms with E-state index in [1.807, 2.05) is 24.3 Å². The molecule has 1 aliphatic rings. The molecule has 0 radical (unpaired) electrons. The molecule has 0 atom stereocenters. The number of nitrogens with one attached hydrogen (secondary N) is 1. The van der Waals surface area contributed by atoms with Gasteiger partial charge < -0.3 is 5.73 Å². The van der Waals surface area contributed by atoms with Gasteiger partial charge in [-0.2, -0.15) is 5.10 Å². The highest BCUT2D eigenvalue weighted by atomic mass is 35.5. The minimum absolute atomic E-state index is 0.0305. The standard InChI is InChI=1S/C10H11ClN4/c11-8-4-2-1-3-7(8)9-5-6-15(14-9)10(12)13/h1-4H,5-6H2,(H3,12,13). The van der Waals surface area contributed by atoms with Crippen LogP contribution in [0.25, 0.3) is 0 Å². The maximum absolute atomic E-state index is 7.26. The quantitative estimate of drug-likeness (QED) is 0.561. The van der Waals surface area contributed by atoms with Gasteiger partial charge in [-0.05, 0) is 6.07 Å². The normalized spacial score (nSPS) is 15.3. The van der Waals surface area contributed by atoms with E-state index in [-0.39, 0.29) is 5.96 Å². The predicted octanol–water partition coefficient (Wildman–Crippen LogP) is 1.64. The van der Waals surface area contributed by atoms with Crippen LogP contribution in [0.1, 0.15) is 12.0 Å². The predicted molar refractivity (Wildman–Crippen MR) is 61.2 cm³/mol. The molecular formula is C10H11ClN4. The first kappa shape index (κ1) is 9.98. The van der Waals surface area contributed by atoms with Crippen LogP contribution in [0.4, 0.5) is 0 Å². The number of hydrogen-bond acceptors (Lipinski definition) is 2. The number of hydrazone groups is 1. The third-order valence-corrected chi connectivity index (χ3v) is 2.59. The topological polar surface area (TPSA) is 65.5 Å². The van der Waals surface area contributed by atoms with E-state index >= 15 is 0 Å². The van der Waals surface area contributed by atoms with Crippen LogP contribution >= 0.6 is 11.6 Å². The number of halogens is 1. The Morgan fingerprint density at radius 1 is 1.47 bits per heavy atom. The highest BCUT2D eigenvalue weighted by Crippen LogP contribution is 2.20. The lowest BCUT2D eigenvalue weighted by atomic mass is 10.1. The zero-order valence-corrected chi connectivity index (χ0v) is 8.83. The third kappa shape index (κ3) is 1.94. The number of rotatable bonds is 1. The Balaban J connectivity index is 2.30. The summed E-state index contributed by atoms with van der Waals surface area (Å²) in [5, 5.41) is 13.6. The van der Waals surface area contributed by atoms with Crippen LogP contribution < -0.4 is 5.73 Å². The van der Waals surface area contributed by atoms with E-state index in [0.29, 0.717) is 11.6 Å².